The van der Waals surface area contributed by atoms with Crippen LogP contribution in [-0.2, 0) is 11.8 Å². The third-order valence-electron chi connectivity index (χ3n) is 2.88. The number of aromatic nitrogens is 2. The number of benzene rings is 1. The first kappa shape index (κ1) is 12.2. The highest BCUT2D eigenvalue weighted by Gasteiger charge is 2.09. The lowest BCUT2D eigenvalue weighted by Gasteiger charge is -2.08. The van der Waals surface area contributed by atoms with Crippen molar-refractivity contribution >= 4 is 5.97 Å². The maximum atomic E-state index is 11.8. The predicted octanol–water partition coefficient (Wildman–Crippen LogP) is 1.27. The lowest BCUT2D eigenvalue weighted by molar-refractivity contribution is 0.0601. The zero-order valence-electron chi connectivity index (χ0n) is 10.5. The molecule has 18 heavy (non-hydrogen) atoms. The Kier molecular flexibility index (Phi) is 3.06. The van der Waals surface area contributed by atoms with Crippen molar-refractivity contribution in [1.29, 1.82) is 0 Å². The van der Waals surface area contributed by atoms with Gasteiger partial charge in [0.25, 0.3) is 5.56 Å². The van der Waals surface area contributed by atoms with E-state index in [-0.39, 0.29) is 5.56 Å². The number of hydrogen-bond acceptors (Lipinski definition) is 3. The second kappa shape index (κ2) is 4.52. The number of hydrogen-bond donors (Lipinski definition) is 0. The molecule has 2 rings (SSSR count). The average Bonchev–Trinajstić information content (AvgIpc) is 2.63. The van der Waals surface area contributed by atoms with E-state index in [4.69, 9.17) is 0 Å². The van der Waals surface area contributed by atoms with Crippen LogP contribution in [0.1, 0.15) is 16.1 Å². The van der Waals surface area contributed by atoms with Crippen LogP contribution in [0.5, 0.6) is 0 Å². The van der Waals surface area contributed by atoms with Crippen LogP contribution < -0.4 is 5.56 Å². The van der Waals surface area contributed by atoms with Gasteiger partial charge in [-0.15, -0.1) is 0 Å². The molecule has 0 aliphatic carbocycles. The first-order chi connectivity index (χ1) is 8.54. The van der Waals surface area contributed by atoms with E-state index in [9.17, 15) is 9.59 Å². The predicted molar refractivity (Wildman–Crippen MR) is 67.1 cm³/mol. The van der Waals surface area contributed by atoms with Gasteiger partial charge in [-0.05, 0) is 31.2 Å². The Hall–Kier alpha value is -2.30. The zero-order chi connectivity index (χ0) is 13.3. The summed E-state index contributed by atoms with van der Waals surface area (Å²) in [6.45, 7) is 1.86. The topological polar surface area (TPSA) is 53.2 Å². The molecule has 0 atom stereocenters. The van der Waals surface area contributed by atoms with Gasteiger partial charge in [-0.2, -0.15) is 0 Å². The molecule has 0 spiro atoms. The number of carbonyl (C=O) groups excluding carboxylic acids is 1. The van der Waals surface area contributed by atoms with Gasteiger partial charge in [0, 0.05) is 18.8 Å². The smallest absolute Gasteiger partial charge is 0.337 e. The molecule has 5 nitrogen and oxygen atoms in total. The lowest BCUT2D eigenvalue weighted by atomic mass is 10.2. The number of aryl methyl sites for hydroxylation is 1. The average molecular weight is 246 g/mol. The van der Waals surface area contributed by atoms with Crippen molar-refractivity contribution in [2.45, 2.75) is 6.92 Å². The fraction of sp³-hybridized carbons (Fsp3) is 0.231. The van der Waals surface area contributed by atoms with Gasteiger partial charge in [0.1, 0.15) is 0 Å². The van der Waals surface area contributed by atoms with E-state index in [0.717, 1.165) is 5.69 Å². The van der Waals surface area contributed by atoms with Gasteiger partial charge in [0.05, 0.1) is 18.4 Å². The van der Waals surface area contributed by atoms with Gasteiger partial charge in [0.2, 0.25) is 0 Å². The number of ether oxygens (including phenoxy) is 1. The molecule has 0 aliphatic heterocycles. The first-order valence-corrected chi connectivity index (χ1v) is 5.49. The molecule has 2 aromatic rings. The molecule has 5 heteroatoms. The molecule has 1 aromatic heterocycles. The normalized spacial score (nSPS) is 10.4. The summed E-state index contributed by atoms with van der Waals surface area (Å²) in [4.78, 5) is 23.1. The number of nitrogens with zero attached hydrogens (tertiary/aromatic N) is 2. The van der Waals surface area contributed by atoms with Crippen LogP contribution in [0.3, 0.4) is 0 Å². The first-order valence-electron chi connectivity index (χ1n) is 5.49. The Morgan fingerprint density at radius 1 is 1.22 bits per heavy atom. The van der Waals surface area contributed by atoms with Crippen molar-refractivity contribution in [1.82, 2.24) is 9.36 Å². The van der Waals surface area contributed by atoms with Gasteiger partial charge in [-0.1, -0.05) is 0 Å². The standard InChI is InChI=1S/C13H14N2O3/c1-9-8-12(16)15(14(9)2)11-6-4-10(5-7-11)13(17)18-3/h4-8H,1-3H3. The number of methoxy groups -OCH3 is 1. The summed E-state index contributed by atoms with van der Waals surface area (Å²) in [5.41, 5.74) is 1.95. The Balaban J connectivity index is 2.47. The minimum Gasteiger partial charge on any atom is -0.465 e. The van der Waals surface area contributed by atoms with Gasteiger partial charge < -0.3 is 4.74 Å². The molecule has 0 N–H and O–H groups in total. The summed E-state index contributed by atoms with van der Waals surface area (Å²) >= 11 is 0. The molecule has 1 heterocycles. The van der Waals surface area contributed by atoms with Gasteiger partial charge in [0.15, 0.2) is 0 Å². The van der Waals surface area contributed by atoms with Crippen LogP contribution >= 0.6 is 0 Å². The summed E-state index contributed by atoms with van der Waals surface area (Å²) in [7, 11) is 3.15. The van der Waals surface area contributed by atoms with Gasteiger partial charge in [-0.25, -0.2) is 9.48 Å². The Morgan fingerprint density at radius 2 is 1.83 bits per heavy atom. The largest absolute Gasteiger partial charge is 0.465 e. The van der Waals surface area contributed by atoms with Crippen LogP contribution in [0.15, 0.2) is 35.1 Å². The summed E-state index contributed by atoms with van der Waals surface area (Å²) in [5, 5.41) is 0. The fourth-order valence-electron chi connectivity index (χ4n) is 1.80. The second-order valence-corrected chi connectivity index (χ2v) is 4.00. The quantitative estimate of drug-likeness (QED) is 0.750. The summed E-state index contributed by atoms with van der Waals surface area (Å²) in [6.07, 6.45) is 0. The van der Waals surface area contributed by atoms with E-state index in [1.807, 2.05) is 14.0 Å². The molecule has 0 bridgehead atoms. The van der Waals surface area contributed by atoms with Crippen LogP contribution in [-0.4, -0.2) is 22.4 Å². The van der Waals surface area contributed by atoms with E-state index in [2.05, 4.69) is 4.74 Å². The number of esters is 1. The van der Waals surface area contributed by atoms with Crippen molar-refractivity contribution in [3.8, 4) is 5.69 Å². The molecule has 0 amide bonds. The van der Waals surface area contributed by atoms with Crippen molar-refractivity contribution in [2.75, 3.05) is 7.11 Å². The van der Waals surface area contributed by atoms with Crippen molar-refractivity contribution in [3.05, 3.63) is 51.9 Å². The van der Waals surface area contributed by atoms with E-state index in [0.29, 0.717) is 11.3 Å². The van der Waals surface area contributed by atoms with E-state index in [1.54, 1.807) is 35.0 Å². The highest BCUT2D eigenvalue weighted by molar-refractivity contribution is 5.89. The minimum absolute atomic E-state index is 0.0965. The molecular formula is C13H14N2O3. The van der Waals surface area contributed by atoms with Gasteiger partial charge >= 0.3 is 5.97 Å². The number of carbonyl (C=O) groups is 1. The minimum atomic E-state index is -0.392. The van der Waals surface area contributed by atoms with Gasteiger partial charge in [-0.3, -0.25) is 9.48 Å². The third-order valence-corrected chi connectivity index (χ3v) is 2.88. The second-order valence-electron chi connectivity index (χ2n) is 4.00. The Labute approximate surface area is 104 Å². The van der Waals surface area contributed by atoms with Crippen LogP contribution in [0.2, 0.25) is 0 Å². The molecule has 1 aromatic carbocycles. The molecule has 0 saturated heterocycles. The molecule has 0 radical (unpaired) electrons. The van der Waals surface area contributed by atoms with Crippen molar-refractivity contribution in [3.63, 3.8) is 0 Å². The highest BCUT2D eigenvalue weighted by atomic mass is 16.5. The highest BCUT2D eigenvalue weighted by Crippen LogP contribution is 2.09. The van der Waals surface area contributed by atoms with Crippen LogP contribution in [0, 0.1) is 6.92 Å². The van der Waals surface area contributed by atoms with E-state index < -0.39 is 5.97 Å². The SMILES string of the molecule is COC(=O)c1ccc(-n2c(=O)cc(C)n2C)cc1. The molecule has 0 saturated carbocycles. The fourth-order valence-corrected chi connectivity index (χ4v) is 1.80. The summed E-state index contributed by atoms with van der Waals surface area (Å²) < 4.78 is 7.92. The van der Waals surface area contributed by atoms with Crippen molar-refractivity contribution < 1.29 is 9.53 Å². The van der Waals surface area contributed by atoms with E-state index in [1.165, 1.54) is 11.8 Å². The molecular weight excluding hydrogens is 232 g/mol. The van der Waals surface area contributed by atoms with Crippen molar-refractivity contribution in [2.24, 2.45) is 7.05 Å². The monoisotopic (exact) mass is 246 g/mol. The maximum Gasteiger partial charge on any atom is 0.337 e. The molecule has 0 fully saturated rings. The Bertz CT molecular complexity index is 635. The Morgan fingerprint density at radius 3 is 2.28 bits per heavy atom. The maximum absolute atomic E-state index is 11.8. The zero-order valence-corrected chi connectivity index (χ0v) is 10.5. The summed E-state index contributed by atoms with van der Waals surface area (Å²) in [6, 6.07) is 8.26. The van der Waals surface area contributed by atoms with E-state index >= 15 is 0 Å². The molecule has 0 aliphatic rings. The summed E-state index contributed by atoms with van der Waals surface area (Å²) in [5.74, 6) is -0.392. The lowest BCUT2D eigenvalue weighted by Crippen LogP contribution is -2.19. The van der Waals surface area contributed by atoms with Crippen LogP contribution in [0.25, 0.3) is 5.69 Å². The third kappa shape index (κ3) is 1.95. The number of rotatable bonds is 2. The molecule has 0 unspecified atom stereocenters. The van der Waals surface area contributed by atoms with Crippen LogP contribution in [0.4, 0.5) is 0 Å². The molecule has 94 valence electrons.